The Hall–Kier alpha value is -2.69. The molecule has 1 N–H and O–H groups in total. The van der Waals surface area contributed by atoms with Crippen LogP contribution in [0.15, 0.2) is 60.7 Å². The summed E-state index contributed by atoms with van der Waals surface area (Å²) in [5, 5.41) is 9.01. The van der Waals surface area contributed by atoms with Gasteiger partial charge >= 0.3 is 5.97 Å². The van der Waals surface area contributed by atoms with Gasteiger partial charge in [0.15, 0.2) is 0 Å². The first-order valence-electron chi connectivity index (χ1n) is 8.77. The highest BCUT2D eigenvalue weighted by atomic mass is 19.1. The molecule has 2 unspecified atom stereocenters. The second-order valence-corrected chi connectivity index (χ2v) is 6.84. The smallest absolute Gasteiger partial charge is 0.343 e. The number of rotatable bonds is 6. The number of carboxylic acids is 1. The topological polar surface area (TPSA) is 57.6 Å². The zero-order valence-corrected chi connectivity index (χ0v) is 14.5. The van der Waals surface area contributed by atoms with Crippen LogP contribution in [0.4, 0.5) is 4.39 Å². The van der Waals surface area contributed by atoms with Gasteiger partial charge in [-0.3, -0.25) is 4.79 Å². The van der Waals surface area contributed by atoms with Crippen LogP contribution in [-0.2, 0) is 16.0 Å². The van der Waals surface area contributed by atoms with Crippen molar-refractivity contribution in [2.45, 2.75) is 30.8 Å². The van der Waals surface area contributed by atoms with Gasteiger partial charge in [0.25, 0.3) is 0 Å². The summed E-state index contributed by atoms with van der Waals surface area (Å²) in [7, 11) is 0. The number of amides is 1. The number of halogens is 1. The molecule has 0 spiro atoms. The fourth-order valence-electron chi connectivity index (χ4n) is 3.43. The Morgan fingerprint density at radius 3 is 2.27 bits per heavy atom. The minimum atomic E-state index is -2.32. The molecule has 3 rings (SSSR count). The fourth-order valence-corrected chi connectivity index (χ4v) is 3.43. The van der Waals surface area contributed by atoms with E-state index in [4.69, 9.17) is 5.11 Å². The standard InChI is InChI=1S/C21H22FNO3/c22-21(20(25)26)11-12-23(15-21)19(24)14-18(17-9-5-2-6-10-17)13-16-7-3-1-4-8-16/h1-10,18H,11-15H2,(H,25,26). The van der Waals surface area contributed by atoms with Gasteiger partial charge in [-0.15, -0.1) is 0 Å². The number of alkyl halides is 1. The molecule has 0 radical (unpaired) electrons. The number of likely N-dealkylation sites (tertiary alicyclic amines) is 1. The number of carbonyl (C=O) groups excluding carboxylic acids is 1. The molecule has 26 heavy (non-hydrogen) atoms. The molecule has 5 heteroatoms. The molecule has 4 nitrogen and oxygen atoms in total. The molecule has 0 aliphatic carbocycles. The zero-order valence-electron chi connectivity index (χ0n) is 14.5. The maximum Gasteiger partial charge on any atom is 0.343 e. The van der Waals surface area contributed by atoms with Gasteiger partial charge in [0.05, 0.1) is 6.54 Å². The third-order valence-electron chi connectivity index (χ3n) is 4.97. The Bertz CT molecular complexity index is 765. The zero-order chi connectivity index (χ0) is 18.6. The Labute approximate surface area is 152 Å². The molecule has 2 aromatic carbocycles. The highest BCUT2D eigenvalue weighted by molar-refractivity contribution is 5.82. The van der Waals surface area contributed by atoms with Crippen LogP contribution in [0, 0.1) is 0 Å². The maximum atomic E-state index is 14.3. The Morgan fingerprint density at radius 1 is 1.08 bits per heavy atom. The molecule has 1 aliphatic heterocycles. The molecule has 1 fully saturated rings. The molecular weight excluding hydrogens is 333 g/mol. The molecule has 0 aromatic heterocycles. The third-order valence-corrected chi connectivity index (χ3v) is 4.97. The molecule has 2 atom stereocenters. The quantitative estimate of drug-likeness (QED) is 0.864. The van der Waals surface area contributed by atoms with E-state index in [2.05, 4.69) is 0 Å². The van der Waals surface area contributed by atoms with Crippen LogP contribution in [-0.4, -0.2) is 40.6 Å². The summed E-state index contributed by atoms with van der Waals surface area (Å²) < 4.78 is 14.3. The van der Waals surface area contributed by atoms with Gasteiger partial charge in [-0.05, 0) is 23.5 Å². The molecule has 1 aliphatic rings. The van der Waals surface area contributed by atoms with Crippen LogP contribution in [0.1, 0.15) is 29.9 Å². The van der Waals surface area contributed by atoms with E-state index in [1.807, 2.05) is 60.7 Å². The van der Waals surface area contributed by atoms with E-state index in [1.54, 1.807) is 0 Å². The van der Waals surface area contributed by atoms with Crippen molar-refractivity contribution in [2.24, 2.45) is 0 Å². The van der Waals surface area contributed by atoms with Crippen molar-refractivity contribution < 1.29 is 19.1 Å². The summed E-state index contributed by atoms with van der Waals surface area (Å²) in [5.41, 5.74) is -0.147. The summed E-state index contributed by atoms with van der Waals surface area (Å²) in [6, 6.07) is 19.7. The summed E-state index contributed by atoms with van der Waals surface area (Å²) in [6.45, 7) is -0.220. The minimum Gasteiger partial charge on any atom is -0.479 e. The third kappa shape index (κ3) is 4.10. The van der Waals surface area contributed by atoms with E-state index >= 15 is 0 Å². The van der Waals surface area contributed by atoms with E-state index in [9.17, 15) is 14.0 Å². The van der Waals surface area contributed by atoms with E-state index in [0.717, 1.165) is 11.1 Å². The second kappa shape index (κ2) is 7.68. The normalized spacial score (nSPS) is 20.7. The van der Waals surface area contributed by atoms with Gasteiger partial charge < -0.3 is 10.0 Å². The van der Waals surface area contributed by atoms with Crippen molar-refractivity contribution in [3.63, 3.8) is 0 Å². The molecule has 2 aromatic rings. The summed E-state index contributed by atoms with van der Waals surface area (Å²) in [6.07, 6.45) is 0.779. The number of hydrogen-bond donors (Lipinski definition) is 1. The SMILES string of the molecule is O=C(CC(Cc1ccccc1)c1ccccc1)N1CCC(F)(C(=O)O)C1. The van der Waals surface area contributed by atoms with Crippen LogP contribution >= 0.6 is 0 Å². The van der Waals surface area contributed by atoms with Gasteiger partial charge in [-0.1, -0.05) is 60.7 Å². The Kier molecular flexibility index (Phi) is 5.35. The lowest BCUT2D eigenvalue weighted by Crippen LogP contribution is -2.39. The highest BCUT2D eigenvalue weighted by Crippen LogP contribution is 2.30. The summed E-state index contributed by atoms with van der Waals surface area (Å²) in [4.78, 5) is 25.1. The lowest BCUT2D eigenvalue weighted by molar-refractivity contribution is -0.150. The van der Waals surface area contributed by atoms with E-state index in [0.29, 0.717) is 6.42 Å². The number of carbonyl (C=O) groups is 2. The number of carboxylic acid groups (broad SMARTS) is 1. The first-order valence-corrected chi connectivity index (χ1v) is 8.77. The first-order chi connectivity index (χ1) is 12.5. The van der Waals surface area contributed by atoms with Crippen LogP contribution in [0.3, 0.4) is 0 Å². The van der Waals surface area contributed by atoms with Gasteiger partial charge in [0, 0.05) is 19.4 Å². The second-order valence-electron chi connectivity index (χ2n) is 6.84. The molecule has 0 saturated carbocycles. The molecule has 1 amide bonds. The summed E-state index contributed by atoms with van der Waals surface area (Å²) in [5.74, 6) is -1.72. The molecule has 1 saturated heterocycles. The van der Waals surface area contributed by atoms with Gasteiger partial charge in [-0.2, -0.15) is 0 Å². The first kappa shape index (κ1) is 18.1. The number of benzene rings is 2. The molecule has 136 valence electrons. The van der Waals surface area contributed by atoms with Gasteiger partial charge in [0.1, 0.15) is 0 Å². The Balaban J connectivity index is 1.74. The molecule has 0 bridgehead atoms. The monoisotopic (exact) mass is 355 g/mol. The number of hydrogen-bond acceptors (Lipinski definition) is 2. The maximum absolute atomic E-state index is 14.3. The average molecular weight is 355 g/mol. The number of aliphatic carboxylic acids is 1. The van der Waals surface area contributed by atoms with Crippen molar-refractivity contribution in [2.75, 3.05) is 13.1 Å². The van der Waals surface area contributed by atoms with E-state index in [-0.39, 0.29) is 37.8 Å². The Morgan fingerprint density at radius 2 is 1.69 bits per heavy atom. The van der Waals surface area contributed by atoms with E-state index in [1.165, 1.54) is 4.90 Å². The van der Waals surface area contributed by atoms with Gasteiger partial charge in [-0.25, -0.2) is 9.18 Å². The highest BCUT2D eigenvalue weighted by Gasteiger charge is 2.46. The van der Waals surface area contributed by atoms with Crippen LogP contribution < -0.4 is 0 Å². The van der Waals surface area contributed by atoms with Crippen LogP contribution in [0.25, 0.3) is 0 Å². The molecule has 1 heterocycles. The van der Waals surface area contributed by atoms with Gasteiger partial charge in [0.2, 0.25) is 11.6 Å². The van der Waals surface area contributed by atoms with Crippen molar-refractivity contribution >= 4 is 11.9 Å². The lowest BCUT2D eigenvalue weighted by atomic mass is 9.89. The molecular formula is C21H22FNO3. The lowest BCUT2D eigenvalue weighted by Gasteiger charge is -2.22. The average Bonchev–Trinajstić information content (AvgIpc) is 3.07. The predicted molar refractivity (Wildman–Crippen MR) is 96.6 cm³/mol. The van der Waals surface area contributed by atoms with Crippen molar-refractivity contribution in [3.05, 3.63) is 71.8 Å². The number of nitrogens with zero attached hydrogens (tertiary/aromatic N) is 1. The van der Waals surface area contributed by atoms with Crippen LogP contribution in [0.2, 0.25) is 0 Å². The minimum absolute atomic E-state index is 0.0365. The van der Waals surface area contributed by atoms with Crippen LogP contribution in [0.5, 0.6) is 0 Å². The van der Waals surface area contributed by atoms with Crippen molar-refractivity contribution in [1.29, 1.82) is 0 Å². The van der Waals surface area contributed by atoms with Crippen molar-refractivity contribution in [3.8, 4) is 0 Å². The largest absolute Gasteiger partial charge is 0.479 e. The van der Waals surface area contributed by atoms with Crippen molar-refractivity contribution in [1.82, 2.24) is 4.90 Å². The van der Waals surface area contributed by atoms with E-state index < -0.39 is 11.6 Å². The predicted octanol–water partition coefficient (Wildman–Crippen LogP) is 3.43. The fraction of sp³-hybridized carbons (Fsp3) is 0.333. The summed E-state index contributed by atoms with van der Waals surface area (Å²) >= 11 is 0.